The van der Waals surface area contributed by atoms with E-state index in [1.807, 2.05) is 19.1 Å². The molecule has 12 heavy (non-hydrogen) atoms. The van der Waals surface area contributed by atoms with Gasteiger partial charge in [-0.15, -0.1) is 0 Å². The minimum Gasteiger partial charge on any atom is -0.383 e. The predicted molar refractivity (Wildman–Crippen MR) is 50.4 cm³/mol. The molecule has 0 fully saturated rings. The summed E-state index contributed by atoms with van der Waals surface area (Å²) in [6.07, 6.45) is 3.98. The summed E-state index contributed by atoms with van der Waals surface area (Å²) < 4.78 is 10.1. The van der Waals surface area contributed by atoms with Gasteiger partial charge in [-0.05, 0) is 6.92 Å². The van der Waals surface area contributed by atoms with E-state index in [0.29, 0.717) is 6.61 Å². The molecule has 0 atom stereocenters. The fourth-order valence-corrected chi connectivity index (χ4v) is 0.691. The van der Waals surface area contributed by atoms with Crippen LogP contribution in [0.3, 0.4) is 0 Å². The third-order valence-corrected chi connectivity index (χ3v) is 1.36. The number of ether oxygens (including phenoxy) is 2. The van der Waals surface area contributed by atoms with Crippen LogP contribution in [0, 0.1) is 0 Å². The molecule has 3 nitrogen and oxygen atoms in total. The molecule has 0 aliphatic heterocycles. The van der Waals surface area contributed by atoms with Gasteiger partial charge in [-0.25, -0.2) is 0 Å². The van der Waals surface area contributed by atoms with E-state index in [1.165, 1.54) is 0 Å². The lowest BCUT2D eigenvalue weighted by molar-refractivity contribution is 0.157. The van der Waals surface area contributed by atoms with Crippen LogP contribution in [-0.4, -0.2) is 40.0 Å². The fraction of sp³-hybridized carbons (Fsp3) is 0.778. The van der Waals surface area contributed by atoms with Crippen molar-refractivity contribution in [1.29, 1.82) is 0 Å². The average Bonchev–Trinajstić information content (AvgIpc) is 2.10. The number of hydrogen-bond acceptors (Lipinski definition) is 3. The van der Waals surface area contributed by atoms with Crippen molar-refractivity contribution in [3.8, 4) is 0 Å². The van der Waals surface area contributed by atoms with E-state index in [-0.39, 0.29) is 0 Å². The minimum atomic E-state index is 0.711. The summed E-state index contributed by atoms with van der Waals surface area (Å²) in [5.41, 5.74) is 0. The van der Waals surface area contributed by atoms with Crippen LogP contribution in [0.5, 0.6) is 0 Å². The van der Waals surface area contributed by atoms with E-state index in [0.717, 1.165) is 26.3 Å². The molecule has 0 aromatic rings. The minimum absolute atomic E-state index is 0.711. The second-order valence-electron chi connectivity index (χ2n) is 2.39. The van der Waals surface area contributed by atoms with Gasteiger partial charge in [-0.1, -0.05) is 12.2 Å². The van der Waals surface area contributed by atoms with Gasteiger partial charge in [-0.3, -0.25) is 0 Å². The molecule has 0 bridgehead atoms. The van der Waals surface area contributed by atoms with E-state index >= 15 is 0 Å². The number of rotatable bonds is 8. The molecule has 0 aliphatic rings. The molecular weight excluding hydrogens is 154 g/mol. The second kappa shape index (κ2) is 10.6. The van der Waals surface area contributed by atoms with Gasteiger partial charge in [0.15, 0.2) is 0 Å². The molecule has 0 rings (SSSR count). The highest BCUT2D eigenvalue weighted by molar-refractivity contribution is 4.75. The Kier molecular flexibility index (Phi) is 10.3. The lowest BCUT2D eigenvalue weighted by Gasteiger charge is -2.03. The summed E-state index contributed by atoms with van der Waals surface area (Å²) in [7, 11) is 1.70. The number of nitrogens with one attached hydrogen (secondary N) is 1. The number of methoxy groups -OCH3 is 1. The van der Waals surface area contributed by atoms with Crippen LogP contribution in [0.1, 0.15) is 6.92 Å². The van der Waals surface area contributed by atoms with Gasteiger partial charge < -0.3 is 14.8 Å². The van der Waals surface area contributed by atoms with Gasteiger partial charge in [0.2, 0.25) is 0 Å². The summed E-state index contributed by atoms with van der Waals surface area (Å²) in [4.78, 5) is 0. The van der Waals surface area contributed by atoms with Crippen LogP contribution in [-0.2, 0) is 9.47 Å². The third kappa shape index (κ3) is 9.62. The molecule has 0 aromatic heterocycles. The molecule has 0 spiro atoms. The van der Waals surface area contributed by atoms with Crippen LogP contribution in [0.4, 0.5) is 0 Å². The van der Waals surface area contributed by atoms with Crippen molar-refractivity contribution in [2.75, 3.05) is 40.0 Å². The lowest BCUT2D eigenvalue weighted by atomic mass is 10.5. The number of allylic oxidation sites excluding steroid dienone is 1. The van der Waals surface area contributed by atoms with Gasteiger partial charge in [0, 0.05) is 20.2 Å². The van der Waals surface area contributed by atoms with E-state index < -0.39 is 0 Å². The van der Waals surface area contributed by atoms with E-state index in [4.69, 9.17) is 9.47 Å². The summed E-state index contributed by atoms with van der Waals surface area (Å²) >= 11 is 0. The van der Waals surface area contributed by atoms with Gasteiger partial charge in [0.05, 0.1) is 19.8 Å². The Morgan fingerprint density at radius 2 is 2.00 bits per heavy atom. The first kappa shape index (κ1) is 11.6. The fourth-order valence-electron chi connectivity index (χ4n) is 0.691. The highest BCUT2D eigenvalue weighted by Gasteiger charge is 1.85. The van der Waals surface area contributed by atoms with Gasteiger partial charge >= 0.3 is 0 Å². The Hall–Kier alpha value is -0.380. The molecule has 0 saturated carbocycles. The van der Waals surface area contributed by atoms with E-state index in [1.54, 1.807) is 7.11 Å². The summed E-state index contributed by atoms with van der Waals surface area (Å²) in [6.45, 7) is 6.00. The van der Waals surface area contributed by atoms with Crippen molar-refractivity contribution in [3.05, 3.63) is 12.2 Å². The van der Waals surface area contributed by atoms with Crippen LogP contribution in [0.15, 0.2) is 12.2 Å². The highest BCUT2D eigenvalue weighted by Crippen LogP contribution is 1.76. The Balaban J connectivity index is 2.81. The zero-order chi connectivity index (χ0) is 9.07. The van der Waals surface area contributed by atoms with Crippen LogP contribution in [0.25, 0.3) is 0 Å². The van der Waals surface area contributed by atoms with Crippen molar-refractivity contribution in [3.63, 3.8) is 0 Å². The Morgan fingerprint density at radius 3 is 2.67 bits per heavy atom. The van der Waals surface area contributed by atoms with Crippen LogP contribution < -0.4 is 5.32 Å². The molecular formula is C9H19NO2. The first-order valence-electron chi connectivity index (χ1n) is 4.30. The zero-order valence-electron chi connectivity index (χ0n) is 8.01. The largest absolute Gasteiger partial charge is 0.383 e. The smallest absolute Gasteiger partial charge is 0.0647 e. The molecule has 3 heteroatoms. The monoisotopic (exact) mass is 173 g/mol. The Labute approximate surface area is 74.7 Å². The third-order valence-electron chi connectivity index (χ3n) is 1.36. The van der Waals surface area contributed by atoms with Crippen molar-refractivity contribution in [2.24, 2.45) is 0 Å². The SMILES string of the molecule is CC=CCOCCNCCOC. The van der Waals surface area contributed by atoms with Gasteiger partial charge in [-0.2, -0.15) is 0 Å². The van der Waals surface area contributed by atoms with Crippen molar-refractivity contribution in [2.45, 2.75) is 6.92 Å². The topological polar surface area (TPSA) is 30.5 Å². The van der Waals surface area contributed by atoms with Gasteiger partial charge in [0.1, 0.15) is 0 Å². The summed E-state index contributed by atoms with van der Waals surface area (Å²) in [6, 6.07) is 0. The second-order valence-corrected chi connectivity index (χ2v) is 2.39. The Morgan fingerprint density at radius 1 is 1.25 bits per heavy atom. The predicted octanol–water partition coefficient (Wildman–Crippen LogP) is 0.815. The maximum Gasteiger partial charge on any atom is 0.0647 e. The molecule has 0 unspecified atom stereocenters. The maximum atomic E-state index is 5.26. The molecule has 0 radical (unpaired) electrons. The molecule has 72 valence electrons. The van der Waals surface area contributed by atoms with Gasteiger partial charge in [0.25, 0.3) is 0 Å². The standard InChI is InChI=1S/C9H19NO2/c1-3-4-7-12-9-6-10-5-8-11-2/h3-4,10H,5-9H2,1-2H3. The summed E-state index contributed by atoms with van der Waals surface area (Å²) in [5.74, 6) is 0. The molecule has 0 aromatic carbocycles. The normalized spacial score (nSPS) is 11.2. The quantitative estimate of drug-likeness (QED) is 0.435. The first-order chi connectivity index (χ1) is 5.91. The van der Waals surface area contributed by atoms with Crippen molar-refractivity contribution in [1.82, 2.24) is 5.32 Å². The lowest BCUT2D eigenvalue weighted by Crippen LogP contribution is -2.23. The molecule has 0 amide bonds. The van der Waals surface area contributed by atoms with E-state index in [9.17, 15) is 0 Å². The van der Waals surface area contributed by atoms with Crippen molar-refractivity contribution >= 4 is 0 Å². The average molecular weight is 173 g/mol. The zero-order valence-corrected chi connectivity index (χ0v) is 8.01. The number of hydrogen-bond donors (Lipinski definition) is 1. The molecule has 0 saturated heterocycles. The summed E-state index contributed by atoms with van der Waals surface area (Å²) in [5, 5.41) is 3.19. The van der Waals surface area contributed by atoms with Crippen LogP contribution >= 0.6 is 0 Å². The molecule has 0 aliphatic carbocycles. The first-order valence-corrected chi connectivity index (χ1v) is 4.30. The van der Waals surface area contributed by atoms with E-state index in [2.05, 4.69) is 5.32 Å². The maximum absolute atomic E-state index is 5.26. The van der Waals surface area contributed by atoms with Crippen molar-refractivity contribution < 1.29 is 9.47 Å². The Bertz CT molecular complexity index is 105. The van der Waals surface area contributed by atoms with Crippen LogP contribution in [0.2, 0.25) is 0 Å². The molecule has 1 N–H and O–H groups in total. The molecule has 0 heterocycles. The highest BCUT2D eigenvalue weighted by atomic mass is 16.5.